The van der Waals surface area contributed by atoms with Crippen LogP contribution in [0.15, 0.2) is 0 Å². The van der Waals surface area contributed by atoms with E-state index >= 15 is 0 Å². The van der Waals surface area contributed by atoms with Gasteiger partial charge in [-0.2, -0.15) is 0 Å². The maximum absolute atomic E-state index is 13.0. The maximum Gasteiger partial charge on any atom is 0.651 e. The summed E-state index contributed by atoms with van der Waals surface area (Å²) in [7, 11) is -71.0. The van der Waals surface area contributed by atoms with Crippen molar-refractivity contribution in [1.29, 1.82) is 0 Å². The molecule has 7 fully saturated rings. The largest absolute Gasteiger partial charge is 0.651 e. The van der Waals surface area contributed by atoms with Crippen molar-refractivity contribution in [1.82, 2.24) is 0 Å². The van der Waals surface area contributed by atoms with Gasteiger partial charge in [0.15, 0.2) is 66.5 Å². The zero-order chi connectivity index (χ0) is 69.9. The van der Waals surface area contributed by atoms with Crippen molar-refractivity contribution in [3.8, 4) is 0 Å². The van der Waals surface area contributed by atoms with Gasteiger partial charge < -0.3 is 87.0 Å². The molecular weight excluding hydrogens is 1430 g/mol. The Labute approximate surface area is 560 Å². The lowest BCUT2D eigenvalue weighted by atomic mass is 10.0. The molecule has 39 heteroatoms. The molecule has 1 atom stereocenters. The summed E-state index contributed by atoms with van der Waals surface area (Å²) in [4.78, 5) is 25.4. The first-order chi connectivity index (χ1) is 39.3. The van der Waals surface area contributed by atoms with Gasteiger partial charge in [-0.05, 0) is 152 Å². The van der Waals surface area contributed by atoms with Crippen LogP contribution in [0.4, 0.5) is 0 Å². The Morgan fingerprint density at radius 2 is 0.478 bits per heavy atom. The molecule has 23 nitrogen and oxygen atoms in total. The van der Waals surface area contributed by atoms with E-state index in [2.05, 4.69) is 237 Å². The van der Waals surface area contributed by atoms with Crippen LogP contribution in [0.5, 0.6) is 0 Å². The van der Waals surface area contributed by atoms with Gasteiger partial charge in [0.25, 0.3) is 0 Å². The van der Waals surface area contributed by atoms with E-state index in [9.17, 15) is 9.59 Å². The van der Waals surface area contributed by atoms with Crippen LogP contribution in [-0.2, 0) is 96.6 Å². The summed E-state index contributed by atoms with van der Waals surface area (Å²) in [5.74, 6) is -1.73. The highest BCUT2D eigenvalue weighted by Gasteiger charge is 2.93. The van der Waals surface area contributed by atoms with Crippen molar-refractivity contribution in [3.05, 3.63) is 0 Å². The first kappa shape index (κ1) is 80.8. The fraction of sp³-hybridized carbons (Fsp3) is 0.961. The molecule has 0 saturated carbocycles. The van der Waals surface area contributed by atoms with Crippen LogP contribution in [0.2, 0.25) is 146 Å². The highest BCUT2D eigenvalue weighted by atomic mass is 28.7. The first-order valence-corrected chi connectivity index (χ1v) is 68.6. The van der Waals surface area contributed by atoms with Gasteiger partial charge in [0.2, 0.25) is 0 Å². The monoisotopic (exact) mass is 1550 g/mol. The summed E-state index contributed by atoms with van der Waals surface area (Å²) in [6.45, 7) is 76.8. The van der Waals surface area contributed by atoms with Gasteiger partial charge in [-0.15, -0.1) is 0 Å². The van der Waals surface area contributed by atoms with Gasteiger partial charge in [-0.3, -0.25) is 9.59 Å². The zero-order valence-electron chi connectivity index (χ0n) is 62.3. The van der Waals surface area contributed by atoms with Gasteiger partial charge in [0, 0.05) is 0 Å². The van der Waals surface area contributed by atoms with Gasteiger partial charge in [-0.25, -0.2) is 0 Å². The van der Waals surface area contributed by atoms with E-state index in [1.807, 2.05) is 13.1 Å². The third-order valence-corrected chi connectivity index (χ3v) is 96.3. The Balaban J connectivity index is 1.98. The fourth-order valence-corrected chi connectivity index (χ4v) is 78.9. The minimum atomic E-state index is -5.56. The van der Waals surface area contributed by atoms with E-state index in [-0.39, 0.29) is 6.42 Å². The van der Waals surface area contributed by atoms with Crippen molar-refractivity contribution >= 4 is 151 Å². The van der Waals surface area contributed by atoms with Gasteiger partial charge in [-0.1, -0.05) is 152 Å². The number of hydrogen-bond donors (Lipinski definition) is 0. The average molecular weight is 1550 g/mol. The lowest BCUT2D eigenvalue weighted by Crippen LogP contribution is -2.93. The smallest absolute Gasteiger partial charge is 0.395 e. The van der Waals surface area contributed by atoms with Crippen molar-refractivity contribution in [2.75, 3.05) is 0 Å². The van der Waals surface area contributed by atoms with E-state index in [0.29, 0.717) is 18.9 Å². The number of ether oxygens (including phenoxy) is 1. The van der Waals surface area contributed by atoms with E-state index in [4.69, 9.17) is 87.0 Å². The van der Waals surface area contributed by atoms with Crippen LogP contribution in [-0.4, -0.2) is 151 Å². The number of esters is 2. The summed E-state index contributed by atoms with van der Waals surface area (Å²) in [6, 6.07) is 0.371. The Morgan fingerprint density at radius 3 is 0.622 bits per heavy atom. The number of hydrogen-bond acceptors (Lipinski definition) is 23. The minimum absolute atomic E-state index is 0.0183. The van der Waals surface area contributed by atoms with Crippen LogP contribution in [0.3, 0.4) is 0 Å². The van der Waals surface area contributed by atoms with Gasteiger partial charge >= 0.3 is 84.3 Å². The zero-order valence-corrected chi connectivity index (χ0v) is 78.3. The van der Waals surface area contributed by atoms with E-state index in [0.717, 1.165) is 0 Å². The molecular formula is C51H120O23Si16. The summed E-state index contributed by atoms with van der Waals surface area (Å²) in [6.07, 6.45) is 0.749. The Hall–Kier alpha value is 1.81. The molecule has 526 valence electrons. The maximum atomic E-state index is 13.0. The topological polar surface area (TPSA) is 228 Å². The molecule has 0 aromatic rings. The molecule has 0 amide bonds. The molecule has 7 heterocycles. The molecule has 8 bridgehead atoms. The molecule has 0 aromatic heterocycles. The third-order valence-electron chi connectivity index (χ3n) is 21.0. The van der Waals surface area contributed by atoms with Crippen molar-refractivity contribution in [2.45, 2.75) is 311 Å². The Bertz CT molecular complexity index is 2430. The molecule has 1 unspecified atom stereocenters. The quantitative estimate of drug-likeness (QED) is 0.0627. The fourth-order valence-electron chi connectivity index (χ4n) is 8.00. The third kappa shape index (κ3) is 17.1. The summed E-state index contributed by atoms with van der Waals surface area (Å²) in [5, 5.41) is -4.04. The van der Waals surface area contributed by atoms with Crippen LogP contribution < -0.4 is 0 Å². The Kier molecular flexibility index (Phi) is 21.8. The summed E-state index contributed by atoms with van der Waals surface area (Å²) >= 11 is 0. The van der Waals surface area contributed by atoms with Gasteiger partial charge in [0.05, 0.1) is 12.3 Å². The summed E-state index contributed by atoms with van der Waals surface area (Å²) < 4.78 is 166. The molecule has 0 N–H and O–H groups in total. The SMILES string of the molecule is CC(C)(C)[Si](C)(C)O[Si]12O[Si]3(O[Si](C)(C)CCCC4CC(=O)OC4=O)O[Si]4(O[Si](C)(C)C(C)(C)C)O[Si](O[Si](C)(C)C(C)(C)C)(O1)O[Si]1(O[Si](C)(C)C(C)(C)C)O[Si](O[Si](C)(C)C(C)(C)C)(O2)O[Si](O[Si](C)(C)C(C)(C)C)(O3)O[Si](O[Si](C)(C)C(C)(C)C)(O4)O1. The predicted molar refractivity (Wildman–Crippen MR) is 379 cm³/mol. The first-order valence-electron chi connectivity index (χ1n) is 32.0. The van der Waals surface area contributed by atoms with E-state index in [1.165, 1.54) is 0 Å². The second-order valence-electron chi connectivity index (χ2n) is 36.7. The molecule has 0 aromatic carbocycles. The molecule has 90 heavy (non-hydrogen) atoms. The highest BCUT2D eigenvalue weighted by Crippen LogP contribution is 2.59. The molecule has 7 rings (SSSR count). The second-order valence-corrected chi connectivity index (χ2v) is 96.7. The lowest BCUT2D eigenvalue weighted by Gasteiger charge is -2.62. The van der Waals surface area contributed by atoms with Crippen LogP contribution in [0, 0.1) is 5.92 Å². The average Bonchev–Trinajstić information content (AvgIpc) is 0.714. The Morgan fingerprint density at radius 1 is 0.311 bits per heavy atom. The van der Waals surface area contributed by atoms with Crippen molar-refractivity contribution in [3.63, 3.8) is 0 Å². The van der Waals surface area contributed by atoms with Gasteiger partial charge in [0.1, 0.15) is 0 Å². The number of cyclic esters (lactones) is 2. The van der Waals surface area contributed by atoms with E-state index < -0.39 is 192 Å². The van der Waals surface area contributed by atoms with Crippen molar-refractivity contribution < 1.29 is 96.6 Å². The van der Waals surface area contributed by atoms with Crippen LogP contribution >= 0.6 is 0 Å². The standard InChI is InChI=1S/C51H120O23Si16/c1-45(2,3)76(24,25)56-84-63-83(55-75(22,23)40-38-39-42-41-43(52)54-44(42)53)64-85(57-77(26,27)46(4,5)6)68-87(66-84,59-79(30,31)48(10,11)12)72-90(62-82(36,37)51(19,20)21)73-88(67-84,60-80(32,33)49(13,14)15)69-86(65-83,58-78(28,29)47(7,8)9)71-89(70-85,74-90)61-81(34,35)50(16,17)18/h42H,38-41H2,1-37H3. The predicted octanol–water partition coefficient (Wildman–Crippen LogP) is 15.0. The second kappa shape index (κ2) is 24.2. The molecule has 7 aliphatic heterocycles. The number of carbonyl (C=O) groups excluding carboxylic acids is 2. The lowest BCUT2D eigenvalue weighted by molar-refractivity contribution is -0.153. The molecule has 7 saturated heterocycles. The number of carbonyl (C=O) groups is 2. The highest BCUT2D eigenvalue weighted by molar-refractivity contribution is 7.05. The molecule has 0 spiro atoms. The molecule has 0 radical (unpaired) electrons. The normalized spacial score (nSPS) is 33.5. The minimum Gasteiger partial charge on any atom is -0.395 e. The summed E-state index contributed by atoms with van der Waals surface area (Å²) in [5.41, 5.74) is 0. The number of rotatable bonds is 20. The van der Waals surface area contributed by atoms with Crippen molar-refractivity contribution in [2.24, 2.45) is 5.92 Å². The van der Waals surface area contributed by atoms with Crippen LogP contribution in [0.1, 0.15) is 165 Å². The molecule has 0 aliphatic carbocycles. The van der Waals surface area contributed by atoms with Crippen LogP contribution in [0.25, 0.3) is 0 Å². The van der Waals surface area contributed by atoms with E-state index in [1.54, 1.807) is 0 Å². The molecule has 7 aliphatic rings.